The molecule has 0 saturated carbocycles. The Bertz CT molecular complexity index is 1060. The van der Waals surface area contributed by atoms with Crippen LogP contribution in [0.5, 0.6) is 17.2 Å². The smallest absolute Gasteiger partial charge is 0.251 e. The number of fused-ring (bicyclic) bond motifs is 2. The molecule has 1 unspecified atom stereocenters. The van der Waals surface area contributed by atoms with E-state index in [-0.39, 0.29) is 12.0 Å². The van der Waals surface area contributed by atoms with Gasteiger partial charge in [-0.1, -0.05) is 0 Å². The van der Waals surface area contributed by atoms with E-state index in [1.165, 1.54) is 0 Å². The normalized spacial score (nSPS) is 16.6. The van der Waals surface area contributed by atoms with Gasteiger partial charge in [0.05, 0.1) is 18.4 Å². The maximum Gasteiger partial charge on any atom is 0.251 e. The van der Waals surface area contributed by atoms with Gasteiger partial charge in [0.2, 0.25) is 0 Å². The van der Waals surface area contributed by atoms with Crippen molar-refractivity contribution in [3.8, 4) is 28.5 Å². The van der Waals surface area contributed by atoms with E-state index >= 15 is 0 Å². The van der Waals surface area contributed by atoms with Gasteiger partial charge in [0.25, 0.3) is 5.91 Å². The molecule has 2 aromatic carbocycles. The van der Waals surface area contributed by atoms with Gasteiger partial charge in [-0.05, 0) is 42.0 Å². The molecule has 0 fully saturated rings. The molecule has 0 radical (unpaired) electrons. The molecule has 2 aliphatic rings. The fraction of sp³-hybridized carbons (Fsp3) is 0.227. The monoisotopic (exact) mass is 389 g/mol. The molecule has 7 nitrogen and oxygen atoms in total. The number of carbonyl (C=O) groups is 1. The van der Waals surface area contributed by atoms with Crippen LogP contribution in [0, 0.1) is 0 Å². The van der Waals surface area contributed by atoms with E-state index in [1.807, 2.05) is 12.1 Å². The highest BCUT2D eigenvalue weighted by atomic mass is 16.6. The number of amides is 1. The largest absolute Gasteiger partial charge is 0.488 e. The van der Waals surface area contributed by atoms with E-state index in [4.69, 9.17) is 14.2 Å². The number of ether oxygens (including phenoxy) is 3. The van der Waals surface area contributed by atoms with Gasteiger partial charge >= 0.3 is 0 Å². The van der Waals surface area contributed by atoms with E-state index in [2.05, 4.69) is 21.4 Å². The Hall–Kier alpha value is -3.61. The van der Waals surface area contributed by atoms with Gasteiger partial charge in [0.1, 0.15) is 25.1 Å². The summed E-state index contributed by atoms with van der Waals surface area (Å²) in [5.74, 6) is 1.95. The highest BCUT2D eigenvalue weighted by molar-refractivity contribution is 5.94. The minimum absolute atomic E-state index is 0.108. The zero-order valence-corrected chi connectivity index (χ0v) is 15.6. The third kappa shape index (κ3) is 3.59. The van der Waals surface area contributed by atoms with Crippen molar-refractivity contribution < 1.29 is 19.0 Å². The van der Waals surface area contributed by atoms with Crippen molar-refractivity contribution in [3.63, 3.8) is 0 Å². The third-order valence-electron chi connectivity index (χ3n) is 4.96. The first-order chi connectivity index (χ1) is 14.3. The van der Waals surface area contributed by atoms with E-state index < -0.39 is 0 Å². The van der Waals surface area contributed by atoms with Gasteiger partial charge in [-0.3, -0.25) is 14.8 Å². The summed E-state index contributed by atoms with van der Waals surface area (Å²) in [6.07, 6.45) is 5.69. The van der Waals surface area contributed by atoms with Crippen LogP contribution < -0.4 is 19.5 Å². The molecule has 0 spiro atoms. The molecule has 3 heterocycles. The topological polar surface area (TPSA) is 82.6 Å². The molecule has 0 bridgehead atoms. The van der Waals surface area contributed by atoms with E-state index in [1.54, 1.807) is 36.8 Å². The molecule has 29 heavy (non-hydrogen) atoms. The first-order valence-corrected chi connectivity index (χ1v) is 9.50. The highest BCUT2D eigenvalue weighted by Crippen LogP contribution is 2.33. The van der Waals surface area contributed by atoms with E-state index in [0.717, 1.165) is 29.0 Å². The molecule has 1 aromatic heterocycles. The fourth-order valence-corrected chi connectivity index (χ4v) is 3.53. The quantitative estimate of drug-likeness (QED) is 0.739. The molecule has 2 aliphatic heterocycles. The Morgan fingerprint density at radius 3 is 2.76 bits per heavy atom. The van der Waals surface area contributed by atoms with Crippen LogP contribution in [0.25, 0.3) is 11.3 Å². The van der Waals surface area contributed by atoms with Crippen molar-refractivity contribution in [2.45, 2.75) is 12.5 Å². The van der Waals surface area contributed by atoms with Crippen molar-refractivity contribution >= 4 is 5.91 Å². The number of hydrogen-bond acceptors (Lipinski definition) is 6. The number of hydrogen-bond donors (Lipinski definition) is 1. The lowest BCUT2D eigenvalue weighted by Gasteiger charge is -2.19. The van der Waals surface area contributed by atoms with Crippen molar-refractivity contribution in [1.82, 2.24) is 15.3 Å². The number of carbonyl (C=O) groups excluding carboxylic acids is 1. The molecule has 0 aliphatic carbocycles. The van der Waals surface area contributed by atoms with Crippen molar-refractivity contribution in [2.75, 3.05) is 19.8 Å². The van der Waals surface area contributed by atoms with Crippen molar-refractivity contribution in [1.29, 1.82) is 0 Å². The molecule has 5 rings (SSSR count). The first-order valence-electron chi connectivity index (χ1n) is 9.50. The van der Waals surface area contributed by atoms with Crippen molar-refractivity contribution in [2.24, 2.45) is 0 Å². The standard InChI is InChI=1S/C22H19N3O4/c26-22(15-2-4-20-21(11-15)28-8-7-27-20)25-12-17-10-16-9-14(1-3-19(16)29-17)18-13-23-5-6-24-18/h1-6,9,11,13,17H,7-8,10,12H2,(H,25,26). The van der Waals surface area contributed by atoms with Crippen LogP contribution in [0.3, 0.4) is 0 Å². The lowest BCUT2D eigenvalue weighted by molar-refractivity contribution is 0.0932. The summed E-state index contributed by atoms with van der Waals surface area (Å²) in [4.78, 5) is 21.0. The molecular weight excluding hydrogens is 370 g/mol. The number of aromatic nitrogens is 2. The van der Waals surface area contributed by atoms with Gasteiger partial charge in [-0.2, -0.15) is 0 Å². The Morgan fingerprint density at radius 2 is 1.90 bits per heavy atom. The Balaban J connectivity index is 1.22. The molecule has 1 N–H and O–H groups in total. The molecule has 1 atom stereocenters. The minimum atomic E-state index is -0.165. The first kappa shape index (κ1) is 17.5. The predicted octanol–water partition coefficient (Wildman–Crippen LogP) is 2.65. The summed E-state index contributed by atoms with van der Waals surface area (Å²) in [5, 5.41) is 2.95. The Kier molecular flexibility index (Phi) is 4.48. The SMILES string of the molecule is O=C(NCC1Cc2cc(-c3cnccn3)ccc2O1)c1ccc2c(c1)OCCO2. The van der Waals surface area contributed by atoms with Gasteiger partial charge in [0, 0.05) is 29.9 Å². The van der Waals surface area contributed by atoms with Gasteiger partial charge in [-0.25, -0.2) is 0 Å². The summed E-state index contributed by atoms with van der Waals surface area (Å²) in [6, 6.07) is 11.2. The predicted molar refractivity (Wildman–Crippen MR) is 105 cm³/mol. The summed E-state index contributed by atoms with van der Waals surface area (Å²) in [7, 11) is 0. The Labute approximate surface area is 167 Å². The van der Waals surface area contributed by atoms with Crippen LogP contribution in [0.2, 0.25) is 0 Å². The molecule has 146 valence electrons. The lowest BCUT2D eigenvalue weighted by Crippen LogP contribution is -2.34. The fourth-order valence-electron chi connectivity index (χ4n) is 3.53. The second-order valence-electron chi connectivity index (χ2n) is 6.93. The lowest BCUT2D eigenvalue weighted by atomic mass is 10.0. The Morgan fingerprint density at radius 1 is 1.03 bits per heavy atom. The summed E-state index contributed by atoms with van der Waals surface area (Å²) >= 11 is 0. The van der Waals surface area contributed by atoms with Crippen LogP contribution in [0.15, 0.2) is 55.0 Å². The van der Waals surface area contributed by atoms with Crippen LogP contribution in [0.4, 0.5) is 0 Å². The van der Waals surface area contributed by atoms with Crippen LogP contribution in [-0.4, -0.2) is 41.7 Å². The molecular formula is C22H19N3O4. The van der Waals surface area contributed by atoms with Gasteiger partial charge < -0.3 is 19.5 Å². The molecule has 1 amide bonds. The van der Waals surface area contributed by atoms with E-state index in [9.17, 15) is 4.79 Å². The third-order valence-corrected chi connectivity index (χ3v) is 4.96. The number of rotatable bonds is 4. The zero-order valence-electron chi connectivity index (χ0n) is 15.6. The maximum absolute atomic E-state index is 12.5. The summed E-state index contributed by atoms with van der Waals surface area (Å²) < 4.78 is 17.0. The second kappa shape index (κ2) is 7.43. The van der Waals surface area contributed by atoms with Gasteiger partial charge in [0.15, 0.2) is 11.5 Å². The van der Waals surface area contributed by atoms with Crippen LogP contribution in [-0.2, 0) is 6.42 Å². The minimum Gasteiger partial charge on any atom is -0.488 e. The maximum atomic E-state index is 12.5. The molecule has 3 aromatic rings. The van der Waals surface area contributed by atoms with Crippen LogP contribution in [0.1, 0.15) is 15.9 Å². The highest BCUT2D eigenvalue weighted by Gasteiger charge is 2.24. The molecule has 0 saturated heterocycles. The number of benzene rings is 2. The van der Waals surface area contributed by atoms with Gasteiger partial charge in [-0.15, -0.1) is 0 Å². The van der Waals surface area contributed by atoms with Crippen LogP contribution >= 0.6 is 0 Å². The van der Waals surface area contributed by atoms with Crippen molar-refractivity contribution in [3.05, 3.63) is 66.1 Å². The summed E-state index contributed by atoms with van der Waals surface area (Å²) in [6.45, 7) is 1.43. The second-order valence-corrected chi connectivity index (χ2v) is 6.93. The average molecular weight is 389 g/mol. The number of nitrogens with zero attached hydrogens (tertiary/aromatic N) is 2. The zero-order chi connectivity index (χ0) is 19.6. The summed E-state index contributed by atoms with van der Waals surface area (Å²) in [5.41, 5.74) is 3.47. The van der Waals surface area contributed by atoms with E-state index in [0.29, 0.717) is 36.8 Å². The number of nitrogens with one attached hydrogen (secondary N) is 1. The average Bonchev–Trinajstić information content (AvgIpc) is 3.20. The molecule has 7 heteroatoms.